The van der Waals surface area contributed by atoms with Gasteiger partial charge in [0, 0.05) is 16.6 Å². The number of amides is 2. The van der Waals surface area contributed by atoms with E-state index in [0.717, 1.165) is 10.6 Å². The molecule has 2 aromatic carbocycles. The Labute approximate surface area is 181 Å². The van der Waals surface area contributed by atoms with E-state index in [1.807, 2.05) is 35.7 Å². The van der Waals surface area contributed by atoms with Crippen LogP contribution in [0.4, 0.5) is 15.8 Å². The zero-order chi connectivity index (χ0) is 21.8. The molecule has 4 rings (SSSR count). The molecule has 0 radical (unpaired) electrons. The van der Waals surface area contributed by atoms with Crippen molar-refractivity contribution in [1.82, 2.24) is 4.98 Å². The first-order chi connectivity index (χ1) is 15.0. The topological polar surface area (TPSA) is 84.2 Å². The van der Waals surface area contributed by atoms with Crippen molar-refractivity contribution in [2.24, 2.45) is 0 Å². The Morgan fingerprint density at radius 3 is 2.65 bits per heavy atom. The van der Waals surface area contributed by atoms with Crippen molar-refractivity contribution in [2.75, 3.05) is 10.6 Å². The Morgan fingerprint density at radius 2 is 1.90 bits per heavy atom. The number of nitrogens with zero attached hydrogens (tertiary/aromatic N) is 1. The van der Waals surface area contributed by atoms with Gasteiger partial charge in [0.1, 0.15) is 16.6 Å². The number of benzene rings is 2. The summed E-state index contributed by atoms with van der Waals surface area (Å²) in [6.45, 7) is 1.64. The molecule has 0 aliphatic heterocycles. The third kappa shape index (κ3) is 4.87. The van der Waals surface area contributed by atoms with Crippen LogP contribution in [0.1, 0.15) is 21.8 Å². The van der Waals surface area contributed by atoms with Crippen LogP contribution in [0.25, 0.3) is 10.6 Å². The van der Waals surface area contributed by atoms with Crippen molar-refractivity contribution in [1.29, 1.82) is 0 Å². The first-order valence-corrected chi connectivity index (χ1v) is 10.3. The van der Waals surface area contributed by atoms with Crippen LogP contribution >= 0.6 is 11.3 Å². The number of thiazole rings is 1. The van der Waals surface area contributed by atoms with Crippen LogP contribution in [-0.4, -0.2) is 16.8 Å². The predicted octanol–water partition coefficient (Wildman–Crippen LogP) is 5.28. The van der Waals surface area contributed by atoms with E-state index in [1.54, 1.807) is 6.92 Å². The highest BCUT2D eigenvalue weighted by molar-refractivity contribution is 7.13. The van der Waals surface area contributed by atoms with Crippen LogP contribution in [0.15, 0.2) is 70.7 Å². The molecule has 2 heterocycles. The van der Waals surface area contributed by atoms with E-state index in [4.69, 9.17) is 4.42 Å². The van der Waals surface area contributed by atoms with Crippen LogP contribution in [0, 0.1) is 12.7 Å². The van der Waals surface area contributed by atoms with Crippen molar-refractivity contribution in [3.63, 3.8) is 0 Å². The Hall–Kier alpha value is -3.78. The van der Waals surface area contributed by atoms with Crippen LogP contribution in [-0.2, 0) is 11.2 Å². The van der Waals surface area contributed by atoms with Gasteiger partial charge in [-0.05, 0) is 31.2 Å². The number of nitrogens with one attached hydrogen (secondary N) is 2. The number of halogens is 1. The van der Waals surface area contributed by atoms with Crippen LogP contribution in [0.2, 0.25) is 0 Å². The van der Waals surface area contributed by atoms with E-state index >= 15 is 0 Å². The molecular weight excluding hydrogens is 417 g/mol. The van der Waals surface area contributed by atoms with E-state index in [-0.39, 0.29) is 18.0 Å². The molecule has 0 spiro atoms. The average Bonchev–Trinajstić information content (AvgIpc) is 3.40. The molecule has 0 saturated carbocycles. The number of carbonyl (C=O) groups is 2. The van der Waals surface area contributed by atoms with E-state index in [1.165, 1.54) is 41.9 Å². The molecular formula is C23H18FN3O3S. The normalized spacial score (nSPS) is 10.6. The van der Waals surface area contributed by atoms with E-state index in [9.17, 15) is 14.0 Å². The zero-order valence-corrected chi connectivity index (χ0v) is 17.3. The summed E-state index contributed by atoms with van der Waals surface area (Å²) in [5, 5.41) is 7.89. The molecule has 31 heavy (non-hydrogen) atoms. The van der Waals surface area contributed by atoms with Crippen molar-refractivity contribution in [2.45, 2.75) is 13.3 Å². The number of anilines is 2. The van der Waals surface area contributed by atoms with Gasteiger partial charge in [-0.3, -0.25) is 9.59 Å². The summed E-state index contributed by atoms with van der Waals surface area (Å²) in [5.74, 6) is -0.969. The molecule has 0 atom stereocenters. The van der Waals surface area contributed by atoms with Gasteiger partial charge in [0.2, 0.25) is 5.91 Å². The van der Waals surface area contributed by atoms with Gasteiger partial charge in [-0.15, -0.1) is 11.3 Å². The SMILES string of the molecule is Cc1occc1C(=O)Nc1cc(NC(=O)Cc2csc(-c3ccccc3)n2)ccc1F. The molecule has 2 amide bonds. The number of rotatable bonds is 6. The highest BCUT2D eigenvalue weighted by Crippen LogP contribution is 2.24. The number of furan rings is 1. The van der Waals surface area contributed by atoms with Crippen molar-refractivity contribution in [3.8, 4) is 10.6 Å². The highest BCUT2D eigenvalue weighted by atomic mass is 32.1. The molecule has 0 bridgehead atoms. The quantitative estimate of drug-likeness (QED) is 0.431. The highest BCUT2D eigenvalue weighted by Gasteiger charge is 2.15. The molecule has 4 aromatic rings. The number of hydrogen-bond donors (Lipinski definition) is 2. The molecule has 0 saturated heterocycles. The first-order valence-electron chi connectivity index (χ1n) is 9.44. The smallest absolute Gasteiger partial charge is 0.259 e. The van der Waals surface area contributed by atoms with Crippen LogP contribution in [0.5, 0.6) is 0 Å². The first kappa shape index (κ1) is 20.5. The molecule has 156 valence electrons. The molecule has 2 N–H and O–H groups in total. The summed E-state index contributed by atoms with van der Waals surface area (Å²) in [4.78, 5) is 29.2. The van der Waals surface area contributed by atoms with Gasteiger partial charge >= 0.3 is 0 Å². The lowest BCUT2D eigenvalue weighted by Gasteiger charge is -2.09. The Kier molecular flexibility index (Phi) is 5.90. The van der Waals surface area contributed by atoms with Crippen LogP contribution < -0.4 is 10.6 Å². The van der Waals surface area contributed by atoms with Crippen molar-refractivity contribution in [3.05, 3.63) is 89.1 Å². The largest absolute Gasteiger partial charge is 0.469 e. The fraction of sp³-hybridized carbons (Fsp3) is 0.0870. The summed E-state index contributed by atoms with van der Waals surface area (Å²) in [7, 11) is 0. The fourth-order valence-corrected chi connectivity index (χ4v) is 3.81. The average molecular weight is 435 g/mol. The molecule has 0 fully saturated rings. The Bertz CT molecular complexity index is 1230. The Balaban J connectivity index is 1.42. The van der Waals surface area contributed by atoms with Gasteiger partial charge in [0.15, 0.2) is 0 Å². The number of carbonyl (C=O) groups excluding carboxylic acids is 2. The lowest BCUT2D eigenvalue weighted by atomic mass is 10.2. The summed E-state index contributed by atoms with van der Waals surface area (Å²) >= 11 is 1.47. The third-order valence-corrected chi connectivity index (χ3v) is 5.46. The molecule has 8 heteroatoms. The third-order valence-electron chi connectivity index (χ3n) is 4.52. The number of aryl methyl sites for hydroxylation is 1. The minimum Gasteiger partial charge on any atom is -0.469 e. The molecule has 6 nitrogen and oxygen atoms in total. The zero-order valence-electron chi connectivity index (χ0n) is 16.5. The van der Waals surface area contributed by atoms with Gasteiger partial charge in [0.05, 0.1) is 29.6 Å². The number of aromatic nitrogens is 1. The van der Waals surface area contributed by atoms with Gasteiger partial charge in [-0.2, -0.15) is 0 Å². The lowest BCUT2D eigenvalue weighted by Crippen LogP contribution is -2.16. The van der Waals surface area contributed by atoms with Gasteiger partial charge in [0.25, 0.3) is 5.91 Å². The van der Waals surface area contributed by atoms with Crippen molar-refractivity contribution >= 4 is 34.5 Å². The predicted molar refractivity (Wildman–Crippen MR) is 118 cm³/mol. The van der Waals surface area contributed by atoms with Crippen LogP contribution in [0.3, 0.4) is 0 Å². The summed E-state index contributed by atoms with van der Waals surface area (Å²) in [6.07, 6.45) is 1.47. The summed E-state index contributed by atoms with van der Waals surface area (Å²) < 4.78 is 19.3. The lowest BCUT2D eigenvalue weighted by molar-refractivity contribution is -0.115. The standard InChI is InChI=1S/C23H18FN3O3S/c1-14-18(9-10-30-14)22(29)27-20-11-16(7-8-19(20)24)25-21(28)12-17-13-31-23(26-17)15-5-3-2-4-6-15/h2-11,13H,12H2,1H3,(H,25,28)(H,27,29). The molecule has 0 aliphatic carbocycles. The minimum atomic E-state index is -0.612. The summed E-state index contributed by atoms with van der Waals surface area (Å²) in [6, 6.07) is 15.2. The second-order valence-corrected chi connectivity index (χ2v) is 7.63. The maximum atomic E-state index is 14.2. The van der Waals surface area contributed by atoms with Gasteiger partial charge in [-0.25, -0.2) is 9.37 Å². The maximum Gasteiger partial charge on any atom is 0.259 e. The van der Waals surface area contributed by atoms with E-state index in [2.05, 4.69) is 15.6 Å². The Morgan fingerprint density at radius 1 is 1.10 bits per heavy atom. The maximum absolute atomic E-state index is 14.2. The second kappa shape index (κ2) is 8.93. The van der Waals surface area contributed by atoms with Gasteiger partial charge < -0.3 is 15.1 Å². The fourth-order valence-electron chi connectivity index (χ4n) is 2.98. The van der Waals surface area contributed by atoms with Crippen molar-refractivity contribution < 1.29 is 18.4 Å². The monoisotopic (exact) mass is 435 g/mol. The van der Waals surface area contributed by atoms with E-state index < -0.39 is 11.7 Å². The number of hydrogen-bond acceptors (Lipinski definition) is 5. The molecule has 2 aromatic heterocycles. The van der Waals surface area contributed by atoms with Gasteiger partial charge in [-0.1, -0.05) is 30.3 Å². The minimum absolute atomic E-state index is 0.0385. The van der Waals surface area contributed by atoms with E-state index in [0.29, 0.717) is 22.7 Å². The summed E-state index contributed by atoms with van der Waals surface area (Å²) in [5.41, 5.74) is 2.28. The molecule has 0 unspecified atom stereocenters. The molecule has 0 aliphatic rings. The second-order valence-electron chi connectivity index (χ2n) is 6.77.